The first-order valence-corrected chi connectivity index (χ1v) is 15.2. The molecule has 1 heterocycles. The number of amides is 2. The second-order valence-electron chi connectivity index (χ2n) is 11.3. The van der Waals surface area contributed by atoms with E-state index in [2.05, 4.69) is 15.7 Å². The third-order valence-corrected chi connectivity index (χ3v) is 8.20. The van der Waals surface area contributed by atoms with Crippen molar-refractivity contribution in [3.05, 3.63) is 89.2 Å². The van der Waals surface area contributed by atoms with Crippen molar-refractivity contribution in [3.63, 3.8) is 0 Å². The topological polar surface area (TPSA) is 115 Å². The number of hydrogen-bond donors (Lipinski definition) is 3. The maximum Gasteiger partial charge on any atom is 0.269 e. The molecule has 2 fully saturated rings. The molecule has 224 valence electrons. The van der Waals surface area contributed by atoms with Crippen molar-refractivity contribution >= 4 is 11.8 Å². The van der Waals surface area contributed by atoms with Gasteiger partial charge in [-0.3, -0.25) is 14.3 Å². The lowest BCUT2D eigenvalue weighted by molar-refractivity contribution is -0.124. The number of hydrogen-bond acceptors (Lipinski definition) is 6. The minimum absolute atomic E-state index is 0.0737. The summed E-state index contributed by atoms with van der Waals surface area (Å²) in [4.78, 5) is 26.7. The van der Waals surface area contributed by atoms with Gasteiger partial charge in [0.05, 0.1) is 49.8 Å². The molecule has 2 aliphatic rings. The Morgan fingerprint density at radius 3 is 1.86 bits per heavy atom. The second-order valence-corrected chi connectivity index (χ2v) is 11.3. The zero-order chi connectivity index (χ0) is 29.1. The lowest BCUT2D eigenvalue weighted by atomic mass is 9.92. The van der Waals surface area contributed by atoms with Crippen molar-refractivity contribution in [2.24, 2.45) is 0 Å². The van der Waals surface area contributed by atoms with Gasteiger partial charge in [0.25, 0.3) is 5.91 Å². The van der Waals surface area contributed by atoms with Crippen LogP contribution in [-0.2, 0) is 40.6 Å². The normalized spacial score (nSPS) is 22.4. The van der Waals surface area contributed by atoms with Crippen molar-refractivity contribution in [1.29, 1.82) is 0 Å². The molecule has 0 bridgehead atoms. The Morgan fingerprint density at radius 2 is 1.31 bits per heavy atom. The van der Waals surface area contributed by atoms with Crippen molar-refractivity contribution in [1.82, 2.24) is 20.4 Å². The predicted molar refractivity (Wildman–Crippen MR) is 158 cm³/mol. The minimum Gasteiger partial charge on any atom is -0.390 e. The third-order valence-electron chi connectivity index (χ3n) is 8.20. The largest absolute Gasteiger partial charge is 0.390 e. The van der Waals surface area contributed by atoms with E-state index in [1.165, 1.54) is 4.68 Å². The van der Waals surface area contributed by atoms with Crippen LogP contribution in [-0.4, -0.2) is 51.0 Å². The number of ether oxygens (including phenoxy) is 2. The molecule has 2 aromatic carbocycles. The molecule has 1 aromatic heterocycles. The van der Waals surface area contributed by atoms with Crippen molar-refractivity contribution < 1.29 is 24.2 Å². The van der Waals surface area contributed by atoms with Gasteiger partial charge in [0, 0.05) is 0 Å². The van der Waals surface area contributed by atoms with Gasteiger partial charge in [0.2, 0.25) is 5.91 Å². The molecule has 0 saturated heterocycles. The van der Waals surface area contributed by atoms with E-state index >= 15 is 0 Å². The molecule has 42 heavy (non-hydrogen) atoms. The van der Waals surface area contributed by atoms with Crippen LogP contribution in [0, 0.1) is 0 Å². The molecule has 2 saturated carbocycles. The standard InChI is InChI=1S/C33H42N4O5/c38-21-26-19-29(33(40)35-28-16-8-10-18-31(28)42-23-25-13-5-2-6-14-25)37(36-26)20-32(39)34-27-15-7-9-17-30(27)41-22-24-11-3-1-4-12-24/h1-6,11-14,19,27-28,30-31,38H,7-10,15-18,20-23H2,(H,34,39)(H,35,40)/t27-,28-,30-,31-/m0/s1. The highest BCUT2D eigenvalue weighted by atomic mass is 16.5. The summed E-state index contributed by atoms with van der Waals surface area (Å²) in [6.45, 7) is 0.544. The van der Waals surface area contributed by atoms with E-state index in [4.69, 9.17) is 9.47 Å². The van der Waals surface area contributed by atoms with Crippen LogP contribution < -0.4 is 10.6 Å². The van der Waals surface area contributed by atoms with Gasteiger partial charge < -0.3 is 25.2 Å². The van der Waals surface area contributed by atoms with Crippen LogP contribution in [0.3, 0.4) is 0 Å². The van der Waals surface area contributed by atoms with Crippen LogP contribution in [0.2, 0.25) is 0 Å². The summed E-state index contributed by atoms with van der Waals surface area (Å²) in [5.41, 5.74) is 2.79. The number of carbonyl (C=O) groups is 2. The van der Waals surface area contributed by atoms with Crippen molar-refractivity contribution in [3.8, 4) is 0 Å². The Kier molecular flexibility index (Phi) is 10.8. The molecular formula is C33H42N4O5. The summed E-state index contributed by atoms with van der Waals surface area (Å²) in [6.07, 6.45) is 7.39. The number of rotatable bonds is 12. The van der Waals surface area contributed by atoms with E-state index in [-0.39, 0.29) is 55.0 Å². The van der Waals surface area contributed by atoms with Gasteiger partial charge in [0.1, 0.15) is 12.2 Å². The van der Waals surface area contributed by atoms with Crippen molar-refractivity contribution in [2.75, 3.05) is 0 Å². The molecule has 0 unspecified atom stereocenters. The third kappa shape index (κ3) is 8.27. The first-order valence-electron chi connectivity index (χ1n) is 15.2. The van der Waals surface area contributed by atoms with Crippen molar-refractivity contribution in [2.45, 2.75) is 102 Å². The minimum atomic E-state index is -0.322. The first kappa shape index (κ1) is 29.9. The Hall–Kier alpha value is -3.53. The molecular weight excluding hydrogens is 532 g/mol. The quantitative estimate of drug-likeness (QED) is 0.298. The highest BCUT2D eigenvalue weighted by Gasteiger charge is 2.30. The highest BCUT2D eigenvalue weighted by molar-refractivity contribution is 5.93. The van der Waals surface area contributed by atoms with Gasteiger partial charge in [-0.2, -0.15) is 5.10 Å². The van der Waals surface area contributed by atoms with Gasteiger partial charge in [0.15, 0.2) is 0 Å². The Labute approximate surface area is 247 Å². The Morgan fingerprint density at radius 1 is 0.786 bits per heavy atom. The van der Waals surface area contributed by atoms with Crippen LogP contribution in [0.1, 0.15) is 78.7 Å². The highest BCUT2D eigenvalue weighted by Crippen LogP contribution is 2.24. The van der Waals surface area contributed by atoms with Crippen LogP contribution in [0.5, 0.6) is 0 Å². The lowest BCUT2D eigenvalue weighted by Gasteiger charge is -2.32. The Balaban J connectivity index is 1.19. The summed E-state index contributed by atoms with van der Waals surface area (Å²) in [7, 11) is 0. The SMILES string of the molecule is O=C(Cn1nc(CO)cc1C(=O)N[C@H]1CCCC[C@@H]1OCc1ccccc1)N[C@H]1CCCC[C@@H]1OCc1ccccc1. The van der Waals surface area contributed by atoms with Gasteiger partial charge in [-0.15, -0.1) is 0 Å². The molecule has 2 amide bonds. The average molecular weight is 575 g/mol. The predicted octanol–water partition coefficient (Wildman–Crippen LogP) is 4.28. The number of nitrogens with zero attached hydrogens (tertiary/aromatic N) is 2. The van der Waals surface area contributed by atoms with Crippen LogP contribution >= 0.6 is 0 Å². The fourth-order valence-corrected chi connectivity index (χ4v) is 5.96. The van der Waals surface area contributed by atoms with E-state index < -0.39 is 0 Å². The summed E-state index contributed by atoms with van der Waals surface area (Å²) < 4.78 is 13.8. The van der Waals surface area contributed by atoms with Crippen LogP contribution in [0.15, 0.2) is 66.7 Å². The van der Waals surface area contributed by atoms with Gasteiger partial charge in [-0.25, -0.2) is 0 Å². The van der Waals surface area contributed by atoms with Crippen LogP contribution in [0.4, 0.5) is 0 Å². The fraction of sp³-hybridized carbons (Fsp3) is 0.485. The van der Waals surface area contributed by atoms with Gasteiger partial charge >= 0.3 is 0 Å². The number of aliphatic hydroxyl groups is 1. The van der Waals surface area contributed by atoms with Crippen LogP contribution in [0.25, 0.3) is 0 Å². The number of aromatic nitrogens is 2. The van der Waals surface area contributed by atoms with Gasteiger partial charge in [-0.1, -0.05) is 86.3 Å². The number of carbonyl (C=O) groups excluding carboxylic acids is 2. The summed E-state index contributed by atoms with van der Waals surface area (Å²) >= 11 is 0. The molecule has 3 N–H and O–H groups in total. The molecule has 0 aliphatic heterocycles. The summed E-state index contributed by atoms with van der Waals surface area (Å²) in [6, 6.07) is 21.3. The van der Waals surface area contributed by atoms with E-state index in [0.717, 1.165) is 62.5 Å². The maximum absolute atomic E-state index is 13.5. The second kappa shape index (κ2) is 15.1. The maximum atomic E-state index is 13.5. The number of nitrogens with one attached hydrogen (secondary N) is 2. The molecule has 4 atom stereocenters. The number of benzene rings is 2. The van der Waals surface area contributed by atoms with E-state index in [0.29, 0.717) is 18.9 Å². The zero-order valence-corrected chi connectivity index (χ0v) is 24.1. The average Bonchev–Trinajstić information content (AvgIpc) is 3.44. The van der Waals surface area contributed by atoms with E-state index in [1.54, 1.807) is 6.07 Å². The molecule has 9 heteroatoms. The molecule has 5 rings (SSSR count). The van der Waals surface area contributed by atoms with E-state index in [1.807, 2.05) is 60.7 Å². The molecule has 0 radical (unpaired) electrons. The van der Waals surface area contributed by atoms with Gasteiger partial charge in [-0.05, 0) is 42.9 Å². The lowest BCUT2D eigenvalue weighted by Crippen LogP contribution is -2.48. The summed E-state index contributed by atoms with van der Waals surface area (Å²) in [5, 5.41) is 20.3. The molecule has 9 nitrogen and oxygen atoms in total. The first-order chi connectivity index (χ1) is 20.6. The van der Waals surface area contributed by atoms with E-state index in [9.17, 15) is 14.7 Å². The zero-order valence-electron chi connectivity index (χ0n) is 24.1. The number of aliphatic hydroxyl groups excluding tert-OH is 1. The summed E-state index contributed by atoms with van der Waals surface area (Å²) in [5.74, 6) is -0.560. The molecule has 2 aliphatic carbocycles. The monoisotopic (exact) mass is 574 g/mol. The molecule has 3 aromatic rings. The smallest absolute Gasteiger partial charge is 0.269 e. The molecule has 0 spiro atoms. The Bertz CT molecular complexity index is 1280. The fourth-order valence-electron chi connectivity index (χ4n) is 5.96.